The molecule has 0 saturated carbocycles. The number of carboxylic acid groups (broad SMARTS) is 1. The van der Waals surface area contributed by atoms with E-state index in [1.807, 2.05) is 0 Å². The number of aromatic nitrogens is 1. The summed E-state index contributed by atoms with van der Waals surface area (Å²) in [7, 11) is 0. The van der Waals surface area contributed by atoms with Crippen LogP contribution in [0.15, 0.2) is 34.9 Å². The third kappa shape index (κ3) is 2.65. The number of oxazole rings is 1. The van der Waals surface area contributed by atoms with Crippen LogP contribution < -0.4 is 5.32 Å². The van der Waals surface area contributed by atoms with Crippen LogP contribution in [0.25, 0.3) is 0 Å². The van der Waals surface area contributed by atoms with Crippen LogP contribution in [0.1, 0.15) is 29.0 Å². The fourth-order valence-electron chi connectivity index (χ4n) is 1.48. The lowest BCUT2D eigenvalue weighted by Crippen LogP contribution is -2.07. The maximum absolute atomic E-state index is 13.0. The van der Waals surface area contributed by atoms with Gasteiger partial charge >= 0.3 is 5.97 Å². The second-order valence-electron chi connectivity index (χ2n) is 3.76. The minimum atomic E-state index is -1.16. The monoisotopic (exact) mass is 250 g/mol. The van der Waals surface area contributed by atoms with Gasteiger partial charge in [0, 0.05) is 0 Å². The van der Waals surface area contributed by atoms with E-state index in [0.717, 1.165) is 6.26 Å². The molecule has 0 aliphatic carbocycles. The number of benzene rings is 1. The Hall–Kier alpha value is -2.37. The molecule has 2 rings (SSSR count). The maximum atomic E-state index is 13.0. The average Bonchev–Trinajstić information content (AvgIpc) is 2.77. The molecular formula is C12H11FN2O3. The van der Waals surface area contributed by atoms with E-state index in [0.29, 0.717) is 5.56 Å². The van der Waals surface area contributed by atoms with Crippen molar-refractivity contribution in [3.8, 4) is 0 Å². The second-order valence-corrected chi connectivity index (χ2v) is 3.76. The number of nitrogens with zero attached hydrogens (tertiary/aromatic N) is 1. The van der Waals surface area contributed by atoms with Gasteiger partial charge in [0.15, 0.2) is 5.69 Å². The molecular weight excluding hydrogens is 239 g/mol. The number of rotatable bonds is 4. The molecule has 5 nitrogen and oxygen atoms in total. The van der Waals surface area contributed by atoms with Gasteiger partial charge in [-0.2, -0.15) is 4.98 Å². The van der Waals surface area contributed by atoms with E-state index in [1.54, 1.807) is 19.1 Å². The standard InChI is InChI=1S/C12H11FN2O3/c1-7(8-3-2-4-9(13)5-8)14-12-15-10(6-18-12)11(16)17/h2-7H,1H3,(H,14,15)(H,16,17). The molecule has 18 heavy (non-hydrogen) atoms. The summed E-state index contributed by atoms with van der Waals surface area (Å²) in [5.74, 6) is -1.50. The Balaban J connectivity index is 2.11. The molecule has 94 valence electrons. The Morgan fingerprint density at radius 2 is 2.33 bits per heavy atom. The largest absolute Gasteiger partial charge is 0.476 e. The molecule has 1 aromatic carbocycles. The highest BCUT2D eigenvalue weighted by molar-refractivity contribution is 5.85. The molecule has 1 heterocycles. The minimum Gasteiger partial charge on any atom is -0.476 e. The Kier molecular flexibility index (Phi) is 3.27. The molecule has 1 atom stereocenters. The predicted molar refractivity (Wildman–Crippen MR) is 61.9 cm³/mol. The van der Waals surface area contributed by atoms with E-state index in [1.165, 1.54) is 12.1 Å². The molecule has 0 aliphatic rings. The molecule has 0 fully saturated rings. The van der Waals surface area contributed by atoms with E-state index in [2.05, 4.69) is 10.3 Å². The summed E-state index contributed by atoms with van der Waals surface area (Å²) in [4.78, 5) is 14.3. The van der Waals surface area contributed by atoms with Crippen LogP contribution in [0.2, 0.25) is 0 Å². The van der Waals surface area contributed by atoms with Gasteiger partial charge in [0.05, 0.1) is 6.04 Å². The molecule has 0 saturated heterocycles. The Morgan fingerprint density at radius 1 is 1.56 bits per heavy atom. The minimum absolute atomic E-state index is 0.0872. The van der Waals surface area contributed by atoms with Crippen molar-refractivity contribution in [1.82, 2.24) is 4.98 Å². The van der Waals surface area contributed by atoms with Crippen LogP contribution in [0.3, 0.4) is 0 Å². The van der Waals surface area contributed by atoms with Gasteiger partial charge in [0.1, 0.15) is 12.1 Å². The number of halogens is 1. The molecule has 0 radical (unpaired) electrons. The van der Waals surface area contributed by atoms with Gasteiger partial charge in [-0.05, 0) is 24.6 Å². The molecule has 2 aromatic rings. The van der Waals surface area contributed by atoms with Crippen molar-refractivity contribution in [1.29, 1.82) is 0 Å². The third-order valence-electron chi connectivity index (χ3n) is 2.41. The topological polar surface area (TPSA) is 75.4 Å². The Bertz CT molecular complexity index is 568. The summed E-state index contributed by atoms with van der Waals surface area (Å²) in [5.41, 5.74) is 0.536. The molecule has 0 amide bonds. The van der Waals surface area contributed by atoms with Gasteiger partial charge in [-0.1, -0.05) is 12.1 Å². The highest BCUT2D eigenvalue weighted by Gasteiger charge is 2.13. The molecule has 1 unspecified atom stereocenters. The molecule has 2 N–H and O–H groups in total. The highest BCUT2D eigenvalue weighted by atomic mass is 19.1. The van der Waals surface area contributed by atoms with E-state index in [4.69, 9.17) is 9.52 Å². The van der Waals surface area contributed by atoms with Gasteiger partial charge in [-0.15, -0.1) is 0 Å². The number of nitrogens with one attached hydrogen (secondary N) is 1. The van der Waals surface area contributed by atoms with Crippen LogP contribution >= 0.6 is 0 Å². The first-order valence-corrected chi connectivity index (χ1v) is 5.27. The molecule has 0 aliphatic heterocycles. The zero-order valence-electron chi connectivity index (χ0n) is 9.55. The number of anilines is 1. The highest BCUT2D eigenvalue weighted by Crippen LogP contribution is 2.19. The molecule has 0 spiro atoms. The van der Waals surface area contributed by atoms with Crippen molar-refractivity contribution < 1.29 is 18.7 Å². The Labute approximate surface area is 102 Å². The van der Waals surface area contributed by atoms with Crippen LogP contribution in [0, 0.1) is 5.82 Å². The number of carbonyl (C=O) groups is 1. The number of aromatic carboxylic acids is 1. The Morgan fingerprint density at radius 3 is 2.94 bits per heavy atom. The van der Waals surface area contributed by atoms with E-state index in [-0.39, 0.29) is 23.6 Å². The molecule has 1 aromatic heterocycles. The SMILES string of the molecule is CC(Nc1nc(C(=O)O)co1)c1cccc(F)c1. The third-order valence-corrected chi connectivity index (χ3v) is 2.41. The first kappa shape index (κ1) is 12.1. The van der Waals surface area contributed by atoms with Crippen molar-refractivity contribution in [2.45, 2.75) is 13.0 Å². The lowest BCUT2D eigenvalue weighted by atomic mass is 10.1. The van der Waals surface area contributed by atoms with Crippen LogP contribution in [0.5, 0.6) is 0 Å². The van der Waals surface area contributed by atoms with Crippen molar-refractivity contribution in [2.75, 3.05) is 5.32 Å². The lowest BCUT2D eigenvalue weighted by Gasteiger charge is -2.12. The van der Waals surface area contributed by atoms with Crippen molar-refractivity contribution >= 4 is 12.0 Å². The van der Waals surface area contributed by atoms with Crippen molar-refractivity contribution in [3.05, 3.63) is 47.6 Å². The maximum Gasteiger partial charge on any atom is 0.357 e. The van der Waals surface area contributed by atoms with E-state index in [9.17, 15) is 9.18 Å². The van der Waals surface area contributed by atoms with Gasteiger partial charge in [0.2, 0.25) is 0 Å². The normalized spacial score (nSPS) is 12.1. The molecule has 6 heteroatoms. The summed E-state index contributed by atoms with van der Waals surface area (Å²) in [6, 6.07) is 5.93. The van der Waals surface area contributed by atoms with E-state index < -0.39 is 5.97 Å². The smallest absolute Gasteiger partial charge is 0.357 e. The number of hydrogen-bond donors (Lipinski definition) is 2. The van der Waals surface area contributed by atoms with Gasteiger partial charge < -0.3 is 14.8 Å². The fourth-order valence-corrected chi connectivity index (χ4v) is 1.48. The van der Waals surface area contributed by atoms with Gasteiger partial charge in [0.25, 0.3) is 6.01 Å². The van der Waals surface area contributed by atoms with Crippen molar-refractivity contribution in [2.24, 2.45) is 0 Å². The van der Waals surface area contributed by atoms with E-state index >= 15 is 0 Å². The zero-order valence-corrected chi connectivity index (χ0v) is 9.55. The summed E-state index contributed by atoms with van der Waals surface area (Å²) >= 11 is 0. The summed E-state index contributed by atoms with van der Waals surface area (Å²) < 4.78 is 18.0. The first-order chi connectivity index (χ1) is 8.56. The first-order valence-electron chi connectivity index (χ1n) is 5.27. The summed E-state index contributed by atoms with van der Waals surface area (Å²) in [6.45, 7) is 1.79. The average molecular weight is 250 g/mol. The van der Waals surface area contributed by atoms with Gasteiger partial charge in [-0.3, -0.25) is 0 Å². The van der Waals surface area contributed by atoms with Gasteiger partial charge in [-0.25, -0.2) is 9.18 Å². The quantitative estimate of drug-likeness (QED) is 0.872. The second kappa shape index (κ2) is 4.87. The molecule has 0 bridgehead atoms. The lowest BCUT2D eigenvalue weighted by molar-refractivity contribution is 0.0690. The van der Waals surface area contributed by atoms with Crippen LogP contribution in [-0.4, -0.2) is 16.1 Å². The summed E-state index contributed by atoms with van der Waals surface area (Å²) in [5, 5.41) is 11.5. The number of carboxylic acids is 1. The number of hydrogen-bond acceptors (Lipinski definition) is 4. The predicted octanol–water partition coefficient (Wildman–Crippen LogP) is 2.69. The summed E-state index contributed by atoms with van der Waals surface area (Å²) in [6.07, 6.45) is 1.04. The van der Waals surface area contributed by atoms with Crippen LogP contribution in [0.4, 0.5) is 10.4 Å². The van der Waals surface area contributed by atoms with Crippen LogP contribution in [-0.2, 0) is 0 Å². The fraction of sp³-hybridized carbons (Fsp3) is 0.167. The van der Waals surface area contributed by atoms with Crippen molar-refractivity contribution in [3.63, 3.8) is 0 Å². The zero-order chi connectivity index (χ0) is 13.1.